The number of methoxy groups -OCH3 is 2. The van der Waals surface area contributed by atoms with Gasteiger partial charge in [0.15, 0.2) is 11.5 Å². The van der Waals surface area contributed by atoms with Crippen molar-refractivity contribution in [3.05, 3.63) is 30.1 Å². The Hall–Kier alpha value is -2.01. The molecule has 0 saturated heterocycles. The van der Waals surface area contributed by atoms with Gasteiger partial charge in [0.25, 0.3) is 0 Å². The van der Waals surface area contributed by atoms with Crippen LogP contribution in [-0.4, -0.2) is 30.5 Å². The molecule has 0 saturated carbocycles. The molecule has 0 atom stereocenters. The number of hydrogen-bond donors (Lipinski definition) is 1. The summed E-state index contributed by atoms with van der Waals surface area (Å²) in [6, 6.07) is 4.04. The van der Waals surface area contributed by atoms with E-state index in [1.54, 1.807) is 18.9 Å². The molecular weight excluding hydrogens is 266 g/mol. The highest BCUT2D eigenvalue weighted by molar-refractivity contribution is 5.70. The zero-order valence-electron chi connectivity index (χ0n) is 13.1. The van der Waals surface area contributed by atoms with E-state index in [0.29, 0.717) is 0 Å². The van der Waals surface area contributed by atoms with E-state index in [9.17, 15) is 0 Å². The number of nitrogens with one attached hydrogen (secondary N) is 1. The van der Waals surface area contributed by atoms with Crippen LogP contribution in [0.15, 0.2) is 24.5 Å². The van der Waals surface area contributed by atoms with Gasteiger partial charge in [-0.3, -0.25) is 4.68 Å². The molecule has 114 valence electrons. The fourth-order valence-corrected chi connectivity index (χ4v) is 2.30. The van der Waals surface area contributed by atoms with Crippen LogP contribution in [0.2, 0.25) is 0 Å². The monoisotopic (exact) mass is 289 g/mol. The minimum Gasteiger partial charge on any atom is -0.493 e. The second kappa shape index (κ2) is 7.13. The lowest BCUT2D eigenvalue weighted by molar-refractivity contribution is 0.354. The summed E-state index contributed by atoms with van der Waals surface area (Å²) in [4.78, 5) is 0. The fourth-order valence-electron chi connectivity index (χ4n) is 2.30. The molecule has 0 spiro atoms. The van der Waals surface area contributed by atoms with Gasteiger partial charge in [0.1, 0.15) is 0 Å². The lowest BCUT2D eigenvalue weighted by atomic mass is 10.0. The highest BCUT2D eigenvalue weighted by Gasteiger charge is 2.13. The van der Waals surface area contributed by atoms with E-state index >= 15 is 0 Å². The van der Waals surface area contributed by atoms with E-state index in [4.69, 9.17) is 9.47 Å². The highest BCUT2D eigenvalue weighted by atomic mass is 16.5. The van der Waals surface area contributed by atoms with E-state index < -0.39 is 0 Å². The Labute approximate surface area is 125 Å². The standard InChI is InChI=1S/C16H23N3O2/c1-5-6-17-9-12-7-15(20-3)16(21-4)8-14(12)13-10-18-19(2)11-13/h7-8,10-11,17H,5-6,9H2,1-4H3. The van der Waals surface area contributed by atoms with Crippen LogP contribution < -0.4 is 14.8 Å². The molecule has 0 aliphatic rings. The molecule has 0 fully saturated rings. The number of aromatic nitrogens is 2. The van der Waals surface area contributed by atoms with Crippen LogP contribution in [0, 0.1) is 0 Å². The number of aryl methyl sites for hydroxylation is 1. The molecule has 5 nitrogen and oxygen atoms in total. The Bertz CT molecular complexity index is 593. The topological polar surface area (TPSA) is 48.3 Å². The van der Waals surface area contributed by atoms with Crippen molar-refractivity contribution in [2.24, 2.45) is 7.05 Å². The molecule has 21 heavy (non-hydrogen) atoms. The first-order chi connectivity index (χ1) is 10.2. The Balaban J connectivity index is 2.43. The van der Waals surface area contributed by atoms with Crippen molar-refractivity contribution in [3.8, 4) is 22.6 Å². The highest BCUT2D eigenvalue weighted by Crippen LogP contribution is 2.35. The number of rotatable bonds is 7. The normalized spacial score (nSPS) is 10.7. The van der Waals surface area contributed by atoms with E-state index in [-0.39, 0.29) is 0 Å². The third-order valence-corrected chi connectivity index (χ3v) is 3.37. The van der Waals surface area contributed by atoms with E-state index in [2.05, 4.69) is 17.3 Å². The first-order valence-electron chi connectivity index (χ1n) is 7.14. The van der Waals surface area contributed by atoms with Crippen molar-refractivity contribution < 1.29 is 9.47 Å². The number of benzene rings is 1. The van der Waals surface area contributed by atoms with Crippen LogP contribution in [-0.2, 0) is 13.6 Å². The van der Waals surface area contributed by atoms with Crippen LogP contribution in [0.3, 0.4) is 0 Å². The van der Waals surface area contributed by atoms with Crippen molar-refractivity contribution in [2.75, 3.05) is 20.8 Å². The Morgan fingerprint density at radius 1 is 1.19 bits per heavy atom. The van der Waals surface area contributed by atoms with E-state index in [1.807, 2.05) is 31.6 Å². The number of ether oxygens (including phenoxy) is 2. The molecule has 0 aliphatic heterocycles. The summed E-state index contributed by atoms with van der Waals surface area (Å²) in [6.45, 7) is 3.93. The Kier molecular flexibility index (Phi) is 5.22. The summed E-state index contributed by atoms with van der Waals surface area (Å²) in [5.41, 5.74) is 3.37. The average Bonchev–Trinajstić information content (AvgIpc) is 2.93. The largest absolute Gasteiger partial charge is 0.493 e. The zero-order chi connectivity index (χ0) is 15.2. The molecule has 0 amide bonds. The molecular formula is C16H23N3O2. The Morgan fingerprint density at radius 2 is 1.90 bits per heavy atom. The lowest BCUT2D eigenvalue weighted by Crippen LogP contribution is -2.14. The maximum Gasteiger partial charge on any atom is 0.161 e. The summed E-state index contributed by atoms with van der Waals surface area (Å²) >= 11 is 0. The second-order valence-electron chi connectivity index (χ2n) is 4.94. The van der Waals surface area contributed by atoms with Gasteiger partial charge in [0.2, 0.25) is 0 Å². The van der Waals surface area contributed by atoms with Gasteiger partial charge in [0, 0.05) is 25.4 Å². The summed E-state index contributed by atoms with van der Waals surface area (Å²) in [7, 11) is 5.23. The quantitative estimate of drug-likeness (QED) is 0.796. The van der Waals surface area contributed by atoms with Gasteiger partial charge in [0.05, 0.1) is 20.4 Å². The molecule has 1 N–H and O–H groups in total. The van der Waals surface area contributed by atoms with Crippen LogP contribution in [0.1, 0.15) is 18.9 Å². The van der Waals surface area contributed by atoms with Gasteiger partial charge in [-0.1, -0.05) is 6.92 Å². The summed E-state index contributed by atoms with van der Waals surface area (Å²) in [5, 5.41) is 7.69. The van der Waals surface area contributed by atoms with Crippen molar-refractivity contribution >= 4 is 0 Å². The molecule has 0 unspecified atom stereocenters. The summed E-state index contributed by atoms with van der Waals surface area (Å²) in [5.74, 6) is 1.48. The van der Waals surface area contributed by atoms with Gasteiger partial charge in [-0.15, -0.1) is 0 Å². The third kappa shape index (κ3) is 3.55. The SMILES string of the molecule is CCCNCc1cc(OC)c(OC)cc1-c1cnn(C)c1. The average molecular weight is 289 g/mol. The number of nitrogens with zero attached hydrogens (tertiary/aromatic N) is 2. The Morgan fingerprint density at radius 3 is 2.48 bits per heavy atom. The summed E-state index contributed by atoms with van der Waals surface area (Å²) < 4.78 is 12.6. The van der Waals surface area contributed by atoms with Crippen molar-refractivity contribution in [2.45, 2.75) is 19.9 Å². The van der Waals surface area contributed by atoms with Gasteiger partial charge in [-0.25, -0.2) is 0 Å². The predicted molar refractivity (Wildman–Crippen MR) is 83.7 cm³/mol. The van der Waals surface area contributed by atoms with Crippen LogP contribution >= 0.6 is 0 Å². The van der Waals surface area contributed by atoms with Crippen molar-refractivity contribution in [3.63, 3.8) is 0 Å². The first-order valence-corrected chi connectivity index (χ1v) is 7.14. The van der Waals surface area contributed by atoms with E-state index in [1.165, 1.54) is 5.56 Å². The first kappa shape index (κ1) is 15.4. The van der Waals surface area contributed by atoms with Crippen LogP contribution in [0.5, 0.6) is 11.5 Å². The molecule has 0 bridgehead atoms. The van der Waals surface area contributed by atoms with Crippen LogP contribution in [0.4, 0.5) is 0 Å². The number of hydrogen-bond acceptors (Lipinski definition) is 4. The van der Waals surface area contributed by atoms with Crippen molar-refractivity contribution in [1.82, 2.24) is 15.1 Å². The molecule has 1 heterocycles. The molecule has 5 heteroatoms. The summed E-state index contributed by atoms with van der Waals surface area (Å²) in [6.07, 6.45) is 4.98. The molecule has 0 aliphatic carbocycles. The molecule has 1 aromatic heterocycles. The smallest absolute Gasteiger partial charge is 0.161 e. The van der Waals surface area contributed by atoms with Crippen molar-refractivity contribution in [1.29, 1.82) is 0 Å². The minimum absolute atomic E-state index is 0.732. The lowest BCUT2D eigenvalue weighted by Gasteiger charge is -2.14. The third-order valence-electron chi connectivity index (χ3n) is 3.37. The van der Waals surface area contributed by atoms with Gasteiger partial charge >= 0.3 is 0 Å². The molecule has 1 aromatic carbocycles. The van der Waals surface area contributed by atoms with E-state index in [0.717, 1.165) is 42.1 Å². The second-order valence-corrected chi connectivity index (χ2v) is 4.94. The predicted octanol–water partition coefficient (Wildman–Crippen LogP) is 2.60. The van der Waals surface area contributed by atoms with Gasteiger partial charge < -0.3 is 14.8 Å². The van der Waals surface area contributed by atoms with Gasteiger partial charge in [-0.05, 0) is 36.2 Å². The van der Waals surface area contributed by atoms with Crippen LogP contribution in [0.25, 0.3) is 11.1 Å². The molecule has 2 aromatic rings. The maximum absolute atomic E-state index is 5.41. The maximum atomic E-state index is 5.41. The molecule has 2 rings (SSSR count). The molecule has 0 radical (unpaired) electrons. The zero-order valence-corrected chi connectivity index (χ0v) is 13.1. The minimum atomic E-state index is 0.732. The fraction of sp³-hybridized carbons (Fsp3) is 0.438. The van der Waals surface area contributed by atoms with Gasteiger partial charge in [-0.2, -0.15) is 5.10 Å².